The summed E-state index contributed by atoms with van der Waals surface area (Å²) in [5, 5.41) is 8.36. The van der Waals surface area contributed by atoms with Gasteiger partial charge in [-0.15, -0.1) is 6.42 Å². The first-order chi connectivity index (χ1) is 9.19. The molecule has 0 radical (unpaired) electrons. The van der Waals surface area contributed by atoms with Crippen LogP contribution in [0.2, 0.25) is 0 Å². The van der Waals surface area contributed by atoms with Gasteiger partial charge in [-0.05, 0) is 48.5 Å². The van der Waals surface area contributed by atoms with Crippen molar-refractivity contribution in [3.8, 4) is 12.3 Å². The Bertz CT molecular complexity index is 602. The molecule has 0 aliphatic rings. The molecular weight excluding hydrogens is 234 g/mol. The molecule has 0 atom stereocenters. The molecule has 94 valence electrons. The van der Waals surface area contributed by atoms with Crippen molar-refractivity contribution in [1.29, 1.82) is 0 Å². The van der Waals surface area contributed by atoms with Gasteiger partial charge in [0, 0.05) is 25.3 Å². The molecule has 0 aliphatic carbocycles. The minimum absolute atomic E-state index is 0.788. The van der Waals surface area contributed by atoms with Crippen molar-refractivity contribution in [1.82, 2.24) is 0 Å². The van der Waals surface area contributed by atoms with Crippen LogP contribution in [0.4, 0.5) is 17.1 Å². The molecule has 0 saturated carbocycles. The predicted molar refractivity (Wildman–Crippen MR) is 79.3 cm³/mol. The maximum absolute atomic E-state index is 5.30. The van der Waals surface area contributed by atoms with Gasteiger partial charge in [0.1, 0.15) is 0 Å². The second-order valence-corrected chi connectivity index (χ2v) is 4.30. The highest BCUT2D eigenvalue weighted by molar-refractivity contribution is 5.52. The third kappa shape index (κ3) is 3.43. The summed E-state index contributed by atoms with van der Waals surface area (Å²) in [4.78, 5) is 2.04. The van der Waals surface area contributed by atoms with Crippen LogP contribution in [0.15, 0.2) is 58.8 Å². The molecule has 0 unspecified atom stereocenters. The number of rotatable bonds is 3. The molecule has 2 aromatic carbocycles. The smallest absolute Gasteiger partial charge is 0.0858 e. The molecule has 0 N–H and O–H groups in total. The van der Waals surface area contributed by atoms with E-state index in [0.717, 1.165) is 22.6 Å². The van der Waals surface area contributed by atoms with Gasteiger partial charge in [-0.1, -0.05) is 5.92 Å². The van der Waals surface area contributed by atoms with E-state index in [-0.39, 0.29) is 0 Å². The minimum atomic E-state index is 0.788. The Hall–Kier alpha value is -2.60. The van der Waals surface area contributed by atoms with Gasteiger partial charge in [-0.2, -0.15) is 10.2 Å². The molecule has 3 nitrogen and oxygen atoms in total. The second-order valence-electron chi connectivity index (χ2n) is 4.30. The molecule has 2 rings (SSSR count). The van der Waals surface area contributed by atoms with Crippen LogP contribution in [0.3, 0.4) is 0 Å². The van der Waals surface area contributed by atoms with Gasteiger partial charge in [-0.3, -0.25) is 0 Å². The lowest BCUT2D eigenvalue weighted by molar-refractivity contribution is 1.13. The molecule has 0 amide bonds. The molecular formula is C16H15N3. The number of anilines is 1. The van der Waals surface area contributed by atoms with Gasteiger partial charge in [0.25, 0.3) is 0 Å². The Morgan fingerprint density at radius 3 is 1.74 bits per heavy atom. The Morgan fingerprint density at radius 2 is 1.32 bits per heavy atom. The summed E-state index contributed by atoms with van der Waals surface area (Å²) in [6, 6.07) is 15.3. The SMILES string of the molecule is C#Cc1ccc(N=Nc2ccc(N(C)C)cc2)cc1. The maximum atomic E-state index is 5.30. The number of terminal acetylenes is 1. The van der Waals surface area contributed by atoms with Gasteiger partial charge < -0.3 is 4.90 Å². The number of azo groups is 1. The quantitative estimate of drug-likeness (QED) is 0.593. The molecule has 19 heavy (non-hydrogen) atoms. The third-order valence-electron chi connectivity index (χ3n) is 2.68. The van der Waals surface area contributed by atoms with E-state index >= 15 is 0 Å². The van der Waals surface area contributed by atoms with Crippen LogP contribution in [-0.2, 0) is 0 Å². The fourth-order valence-electron chi connectivity index (χ4n) is 1.56. The number of hydrogen-bond acceptors (Lipinski definition) is 3. The van der Waals surface area contributed by atoms with Crippen molar-refractivity contribution in [3.63, 3.8) is 0 Å². The normalized spacial score (nSPS) is 10.4. The highest BCUT2D eigenvalue weighted by Gasteiger charge is 1.95. The van der Waals surface area contributed by atoms with Gasteiger partial charge >= 0.3 is 0 Å². The van der Waals surface area contributed by atoms with E-state index in [1.54, 1.807) is 0 Å². The van der Waals surface area contributed by atoms with Crippen LogP contribution in [0.1, 0.15) is 5.56 Å². The van der Waals surface area contributed by atoms with Crippen molar-refractivity contribution in [2.24, 2.45) is 10.2 Å². The summed E-state index contributed by atoms with van der Waals surface area (Å²) in [7, 11) is 4.01. The molecule has 0 saturated heterocycles. The molecule has 0 heterocycles. The first-order valence-electron chi connectivity index (χ1n) is 5.95. The maximum Gasteiger partial charge on any atom is 0.0858 e. The van der Waals surface area contributed by atoms with Crippen LogP contribution in [0.25, 0.3) is 0 Å². The lowest BCUT2D eigenvalue weighted by Gasteiger charge is -2.11. The van der Waals surface area contributed by atoms with Crippen LogP contribution in [-0.4, -0.2) is 14.1 Å². The fraction of sp³-hybridized carbons (Fsp3) is 0.125. The lowest BCUT2D eigenvalue weighted by Crippen LogP contribution is -2.07. The number of benzene rings is 2. The van der Waals surface area contributed by atoms with E-state index in [1.165, 1.54) is 0 Å². The predicted octanol–water partition coefficient (Wildman–Crippen LogP) is 4.15. The average Bonchev–Trinajstić information content (AvgIpc) is 2.46. The summed E-state index contributed by atoms with van der Waals surface area (Å²) in [5.41, 5.74) is 3.59. The van der Waals surface area contributed by atoms with Crippen LogP contribution in [0.5, 0.6) is 0 Å². The Labute approximate surface area is 113 Å². The van der Waals surface area contributed by atoms with E-state index in [1.807, 2.05) is 67.5 Å². The van der Waals surface area contributed by atoms with Gasteiger partial charge in [0.05, 0.1) is 11.4 Å². The van der Waals surface area contributed by atoms with Gasteiger partial charge in [-0.25, -0.2) is 0 Å². The summed E-state index contributed by atoms with van der Waals surface area (Å²) in [6.07, 6.45) is 5.30. The minimum Gasteiger partial charge on any atom is -0.378 e. The lowest BCUT2D eigenvalue weighted by atomic mass is 10.2. The zero-order chi connectivity index (χ0) is 13.7. The largest absolute Gasteiger partial charge is 0.378 e. The standard InChI is InChI=1S/C16H15N3/c1-4-13-5-7-14(8-6-13)17-18-15-9-11-16(12-10-15)19(2)3/h1,5-12H,2-3H3. The molecule has 0 bridgehead atoms. The second kappa shape index (κ2) is 5.83. The number of nitrogens with zero attached hydrogens (tertiary/aromatic N) is 3. The van der Waals surface area contributed by atoms with Crippen molar-refractivity contribution in [3.05, 3.63) is 54.1 Å². The molecule has 0 aromatic heterocycles. The van der Waals surface area contributed by atoms with Crippen LogP contribution in [0, 0.1) is 12.3 Å². The summed E-state index contributed by atoms with van der Waals surface area (Å²) < 4.78 is 0. The molecule has 2 aromatic rings. The van der Waals surface area contributed by atoms with E-state index in [4.69, 9.17) is 6.42 Å². The van der Waals surface area contributed by atoms with Crippen molar-refractivity contribution >= 4 is 17.1 Å². The van der Waals surface area contributed by atoms with E-state index < -0.39 is 0 Å². The highest BCUT2D eigenvalue weighted by Crippen LogP contribution is 2.21. The Balaban J connectivity index is 2.11. The molecule has 0 spiro atoms. The van der Waals surface area contributed by atoms with E-state index in [0.29, 0.717) is 0 Å². The molecule has 3 heteroatoms. The topological polar surface area (TPSA) is 28.0 Å². The Morgan fingerprint density at radius 1 is 0.842 bits per heavy atom. The summed E-state index contributed by atoms with van der Waals surface area (Å²) in [6.45, 7) is 0. The van der Waals surface area contributed by atoms with Crippen molar-refractivity contribution < 1.29 is 0 Å². The van der Waals surface area contributed by atoms with Gasteiger partial charge in [0.2, 0.25) is 0 Å². The van der Waals surface area contributed by atoms with E-state index in [2.05, 4.69) is 16.1 Å². The number of hydrogen-bond donors (Lipinski definition) is 0. The molecule has 0 fully saturated rings. The average molecular weight is 249 g/mol. The first-order valence-corrected chi connectivity index (χ1v) is 5.95. The summed E-state index contributed by atoms with van der Waals surface area (Å²) >= 11 is 0. The van der Waals surface area contributed by atoms with Crippen molar-refractivity contribution in [2.75, 3.05) is 19.0 Å². The highest BCUT2D eigenvalue weighted by atomic mass is 15.1. The zero-order valence-electron chi connectivity index (χ0n) is 11.0. The van der Waals surface area contributed by atoms with Crippen molar-refractivity contribution in [2.45, 2.75) is 0 Å². The van der Waals surface area contributed by atoms with Gasteiger partial charge in [0.15, 0.2) is 0 Å². The molecule has 0 aliphatic heterocycles. The fourth-order valence-corrected chi connectivity index (χ4v) is 1.56. The Kier molecular flexibility index (Phi) is 3.94. The third-order valence-corrected chi connectivity index (χ3v) is 2.68. The summed E-state index contributed by atoms with van der Waals surface area (Å²) in [5.74, 6) is 2.57. The first kappa shape index (κ1) is 12.8. The van der Waals surface area contributed by atoms with Crippen LogP contribution >= 0.6 is 0 Å². The monoisotopic (exact) mass is 249 g/mol. The van der Waals surface area contributed by atoms with E-state index in [9.17, 15) is 0 Å². The van der Waals surface area contributed by atoms with Crippen LogP contribution < -0.4 is 4.90 Å². The zero-order valence-corrected chi connectivity index (χ0v) is 11.0.